The maximum atomic E-state index is 12.0. The first-order valence-corrected chi connectivity index (χ1v) is 7.92. The summed E-state index contributed by atoms with van der Waals surface area (Å²) in [4.78, 5) is 23.9. The van der Waals surface area contributed by atoms with Gasteiger partial charge in [-0.1, -0.05) is 24.3 Å². The number of benzene rings is 2. The van der Waals surface area contributed by atoms with Gasteiger partial charge in [0.25, 0.3) is 5.91 Å². The van der Waals surface area contributed by atoms with Crippen LogP contribution in [-0.4, -0.2) is 32.1 Å². The van der Waals surface area contributed by atoms with Gasteiger partial charge in [-0.3, -0.25) is 9.59 Å². The summed E-state index contributed by atoms with van der Waals surface area (Å²) in [5.74, 6) is 0.356. The Morgan fingerprint density at radius 1 is 1.08 bits per heavy atom. The van der Waals surface area contributed by atoms with Crippen LogP contribution < -0.4 is 14.8 Å². The normalized spacial score (nSPS) is 10.0. The molecule has 0 spiro atoms. The van der Waals surface area contributed by atoms with Crippen molar-refractivity contribution in [3.05, 3.63) is 59.7 Å². The number of hydrogen-bond acceptors (Lipinski definition) is 5. The van der Waals surface area contributed by atoms with Crippen LogP contribution in [0.25, 0.3) is 0 Å². The van der Waals surface area contributed by atoms with E-state index in [0.29, 0.717) is 23.7 Å². The molecule has 2 aromatic rings. The number of ether oxygens (including phenoxy) is 3. The molecule has 0 heterocycles. The van der Waals surface area contributed by atoms with Gasteiger partial charge in [-0.25, -0.2) is 0 Å². The van der Waals surface area contributed by atoms with Crippen molar-refractivity contribution in [3.63, 3.8) is 0 Å². The maximum absolute atomic E-state index is 12.0. The molecule has 0 atom stereocenters. The molecule has 0 saturated heterocycles. The summed E-state index contributed by atoms with van der Waals surface area (Å²) in [5.41, 5.74) is 1.19. The van der Waals surface area contributed by atoms with Crippen molar-refractivity contribution in [1.82, 2.24) is 5.32 Å². The lowest BCUT2D eigenvalue weighted by Crippen LogP contribution is -2.30. The van der Waals surface area contributed by atoms with Crippen LogP contribution >= 0.6 is 0 Å². The van der Waals surface area contributed by atoms with E-state index in [1.54, 1.807) is 24.3 Å². The first-order chi connectivity index (χ1) is 12.1. The van der Waals surface area contributed by atoms with E-state index in [2.05, 4.69) is 5.32 Å². The first-order valence-electron chi connectivity index (χ1n) is 7.92. The van der Waals surface area contributed by atoms with Crippen LogP contribution in [0.4, 0.5) is 0 Å². The van der Waals surface area contributed by atoms with Gasteiger partial charge in [0.2, 0.25) is 0 Å². The summed E-state index contributed by atoms with van der Waals surface area (Å²) in [6.07, 6.45) is 0. The number of para-hydroxylation sites is 1. The molecule has 0 aliphatic rings. The van der Waals surface area contributed by atoms with Gasteiger partial charge in [-0.2, -0.15) is 0 Å². The van der Waals surface area contributed by atoms with Crippen molar-refractivity contribution in [2.45, 2.75) is 13.5 Å². The van der Waals surface area contributed by atoms with Crippen molar-refractivity contribution in [2.75, 3.05) is 20.3 Å². The molecule has 6 heteroatoms. The molecule has 1 N–H and O–H groups in total. The molecule has 2 rings (SSSR count). The number of amides is 1. The number of esters is 1. The molecule has 0 aromatic heterocycles. The highest BCUT2D eigenvalue weighted by Gasteiger charge is 2.11. The molecule has 25 heavy (non-hydrogen) atoms. The minimum absolute atomic E-state index is 0.0873. The third kappa shape index (κ3) is 5.53. The van der Waals surface area contributed by atoms with Crippen LogP contribution in [0.5, 0.6) is 11.5 Å². The summed E-state index contributed by atoms with van der Waals surface area (Å²) >= 11 is 0. The monoisotopic (exact) mass is 343 g/mol. The van der Waals surface area contributed by atoms with E-state index >= 15 is 0 Å². The maximum Gasteiger partial charge on any atom is 0.325 e. The Labute approximate surface area is 146 Å². The van der Waals surface area contributed by atoms with Crippen LogP contribution in [0, 0.1) is 0 Å². The van der Waals surface area contributed by atoms with E-state index in [1.165, 1.54) is 7.11 Å². The Balaban J connectivity index is 1.83. The van der Waals surface area contributed by atoms with Gasteiger partial charge in [0.05, 0.1) is 13.7 Å². The second-order valence-electron chi connectivity index (χ2n) is 5.12. The third-order valence-corrected chi connectivity index (χ3v) is 3.39. The van der Waals surface area contributed by atoms with Crippen molar-refractivity contribution in [3.8, 4) is 11.5 Å². The van der Waals surface area contributed by atoms with Crippen molar-refractivity contribution >= 4 is 11.9 Å². The topological polar surface area (TPSA) is 73.9 Å². The summed E-state index contributed by atoms with van der Waals surface area (Å²) in [6.45, 7) is 2.29. The average molecular weight is 343 g/mol. The molecule has 0 aliphatic carbocycles. The molecule has 0 bridgehead atoms. The van der Waals surface area contributed by atoms with Gasteiger partial charge in [-0.15, -0.1) is 0 Å². The third-order valence-electron chi connectivity index (χ3n) is 3.39. The predicted octanol–water partition coefficient (Wildman–Crippen LogP) is 2.57. The number of nitrogens with one attached hydrogen (secondary N) is 1. The standard InChI is InChI=1S/C19H21NO5/c1-3-24-17-10-5-4-7-15(17)13-25-18(21)12-20-19(22)14-8-6-9-16(11-14)23-2/h4-11H,3,12-13H2,1-2H3,(H,20,22). The van der Waals surface area contributed by atoms with Crippen LogP contribution in [0.3, 0.4) is 0 Å². The first kappa shape index (κ1) is 18.3. The zero-order valence-electron chi connectivity index (χ0n) is 14.3. The number of carbonyl (C=O) groups is 2. The fourth-order valence-electron chi connectivity index (χ4n) is 2.15. The van der Waals surface area contributed by atoms with Crippen LogP contribution in [0.2, 0.25) is 0 Å². The zero-order chi connectivity index (χ0) is 18.1. The summed E-state index contributed by atoms with van der Waals surface area (Å²) in [5, 5.41) is 2.53. The molecular formula is C19H21NO5. The molecule has 0 saturated carbocycles. The minimum Gasteiger partial charge on any atom is -0.497 e. The van der Waals surface area contributed by atoms with E-state index in [9.17, 15) is 9.59 Å². The molecule has 2 aromatic carbocycles. The molecule has 0 aliphatic heterocycles. The SMILES string of the molecule is CCOc1ccccc1COC(=O)CNC(=O)c1cccc(OC)c1. The fourth-order valence-corrected chi connectivity index (χ4v) is 2.15. The molecule has 0 fully saturated rings. The molecule has 0 unspecified atom stereocenters. The molecule has 6 nitrogen and oxygen atoms in total. The van der Waals surface area contributed by atoms with Crippen LogP contribution in [0.15, 0.2) is 48.5 Å². The number of hydrogen-bond donors (Lipinski definition) is 1. The van der Waals surface area contributed by atoms with E-state index < -0.39 is 5.97 Å². The Hall–Kier alpha value is -3.02. The lowest BCUT2D eigenvalue weighted by Gasteiger charge is -2.11. The summed E-state index contributed by atoms with van der Waals surface area (Å²) < 4.78 is 15.7. The van der Waals surface area contributed by atoms with Crippen molar-refractivity contribution in [2.24, 2.45) is 0 Å². The Bertz CT molecular complexity index is 729. The lowest BCUT2D eigenvalue weighted by molar-refractivity contribution is -0.143. The molecule has 132 valence electrons. The van der Waals surface area contributed by atoms with Gasteiger partial charge in [-0.05, 0) is 31.2 Å². The highest BCUT2D eigenvalue weighted by molar-refractivity contribution is 5.96. The predicted molar refractivity (Wildman–Crippen MR) is 92.7 cm³/mol. The zero-order valence-corrected chi connectivity index (χ0v) is 14.3. The smallest absolute Gasteiger partial charge is 0.325 e. The van der Waals surface area contributed by atoms with Gasteiger partial charge in [0, 0.05) is 11.1 Å². The van der Waals surface area contributed by atoms with Gasteiger partial charge < -0.3 is 19.5 Å². The Morgan fingerprint density at radius 3 is 2.64 bits per heavy atom. The van der Waals surface area contributed by atoms with E-state index in [4.69, 9.17) is 14.2 Å². The van der Waals surface area contributed by atoms with Gasteiger partial charge in [0.1, 0.15) is 24.7 Å². The van der Waals surface area contributed by atoms with Crippen molar-refractivity contribution < 1.29 is 23.8 Å². The number of carbonyl (C=O) groups excluding carboxylic acids is 2. The van der Waals surface area contributed by atoms with E-state index in [-0.39, 0.29) is 19.1 Å². The summed E-state index contributed by atoms with van der Waals surface area (Å²) in [6, 6.07) is 14.0. The van der Waals surface area contributed by atoms with Crippen molar-refractivity contribution in [1.29, 1.82) is 0 Å². The van der Waals surface area contributed by atoms with E-state index in [0.717, 1.165) is 5.56 Å². The second kappa shape index (κ2) is 9.32. The highest BCUT2D eigenvalue weighted by Crippen LogP contribution is 2.18. The quantitative estimate of drug-likeness (QED) is 0.746. The Morgan fingerprint density at radius 2 is 1.88 bits per heavy atom. The number of rotatable bonds is 8. The van der Waals surface area contributed by atoms with Gasteiger partial charge in [0.15, 0.2) is 0 Å². The van der Waals surface area contributed by atoms with Crippen LogP contribution in [0.1, 0.15) is 22.8 Å². The second-order valence-corrected chi connectivity index (χ2v) is 5.12. The fraction of sp³-hybridized carbons (Fsp3) is 0.263. The minimum atomic E-state index is -0.525. The molecule has 1 amide bonds. The highest BCUT2D eigenvalue weighted by atomic mass is 16.5. The molecule has 0 radical (unpaired) electrons. The lowest BCUT2D eigenvalue weighted by atomic mass is 10.2. The number of methoxy groups -OCH3 is 1. The molecular weight excluding hydrogens is 322 g/mol. The van der Waals surface area contributed by atoms with Crippen LogP contribution in [-0.2, 0) is 16.1 Å². The average Bonchev–Trinajstić information content (AvgIpc) is 2.65. The Kier molecular flexibility index (Phi) is 6.83. The van der Waals surface area contributed by atoms with Gasteiger partial charge >= 0.3 is 5.97 Å². The summed E-state index contributed by atoms with van der Waals surface area (Å²) in [7, 11) is 1.52. The van der Waals surface area contributed by atoms with E-state index in [1.807, 2.05) is 31.2 Å². The largest absolute Gasteiger partial charge is 0.497 e.